The van der Waals surface area contributed by atoms with Crippen LogP contribution in [0.5, 0.6) is 0 Å². The molecule has 2 atom stereocenters. The minimum atomic E-state index is -0.271. The molecule has 1 aromatic heterocycles. The minimum Gasteiger partial charge on any atom is -0.340 e. The predicted molar refractivity (Wildman–Crippen MR) is 130 cm³/mol. The largest absolute Gasteiger partial charge is 0.340 e. The highest BCUT2D eigenvalue weighted by molar-refractivity contribution is 6.30. The van der Waals surface area contributed by atoms with Crippen LogP contribution in [0.25, 0.3) is 0 Å². The first kappa shape index (κ1) is 24.4. The molecule has 7 heteroatoms. The molecule has 2 aromatic carbocycles. The summed E-state index contributed by atoms with van der Waals surface area (Å²) in [7, 11) is 0. The number of hydrogen-bond acceptors (Lipinski definition) is 5. The van der Waals surface area contributed by atoms with Gasteiger partial charge in [0.05, 0.1) is 12.1 Å². The molecule has 3 aromatic rings. The summed E-state index contributed by atoms with van der Waals surface area (Å²) in [4.78, 5) is 19.2. The van der Waals surface area contributed by atoms with E-state index in [4.69, 9.17) is 17.3 Å². The highest BCUT2D eigenvalue weighted by atomic mass is 35.5. The predicted octanol–water partition coefficient (Wildman–Crippen LogP) is 4.20. The van der Waals surface area contributed by atoms with Crippen molar-refractivity contribution in [3.63, 3.8) is 0 Å². The van der Waals surface area contributed by atoms with Crippen molar-refractivity contribution >= 4 is 17.5 Å². The molecule has 1 aliphatic heterocycles. The van der Waals surface area contributed by atoms with Crippen molar-refractivity contribution in [1.82, 2.24) is 14.8 Å². The number of carbonyl (C=O) groups is 1. The van der Waals surface area contributed by atoms with Gasteiger partial charge < -0.3 is 10.6 Å². The summed E-state index contributed by atoms with van der Waals surface area (Å²) >= 11 is 5.82. The van der Waals surface area contributed by atoms with Gasteiger partial charge in [-0.2, -0.15) is 5.26 Å². The van der Waals surface area contributed by atoms with Gasteiger partial charge in [0, 0.05) is 56.1 Å². The number of nitriles is 1. The van der Waals surface area contributed by atoms with Gasteiger partial charge in [-0.15, -0.1) is 0 Å². The molecule has 1 aliphatic rings. The molecule has 0 spiro atoms. The second-order valence-electron chi connectivity index (χ2n) is 7.80. The molecular weight excluding hydrogens is 434 g/mol. The monoisotopic (exact) mass is 461 g/mol. The molecule has 6 nitrogen and oxygen atoms in total. The maximum absolute atomic E-state index is 11.2. The number of aromatic nitrogens is 1. The smallest absolute Gasteiger partial charge is 0.219 e. The highest BCUT2D eigenvalue weighted by Gasteiger charge is 2.25. The zero-order valence-electron chi connectivity index (χ0n) is 18.6. The number of halogens is 1. The lowest BCUT2D eigenvalue weighted by atomic mass is 10.00. The van der Waals surface area contributed by atoms with Crippen molar-refractivity contribution in [3.05, 3.63) is 101 Å². The van der Waals surface area contributed by atoms with Crippen molar-refractivity contribution in [2.45, 2.75) is 19.0 Å². The molecule has 0 saturated carbocycles. The molecule has 2 N–H and O–H groups in total. The summed E-state index contributed by atoms with van der Waals surface area (Å²) in [5.41, 5.74) is 9.22. The first-order valence-electron chi connectivity index (χ1n) is 10.8. The molecule has 170 valence electrons. The summed E-state index contributed by atoms with van der Waals surface area (Å²) in [6.45, 7) is 4.42. The third-order valence-electron chi connectivity index (χ3n) is 5.63. The Kier molecular flexibility index (Phi) is 8.96. The zero-order chi connectivity index (χ0) is 23.6. The van der Waals surface area contributed by atoms with Crippen LogP contribution in [0.2, 0.25) is 5.02 Å². The first-order chi connectivity index (χ1) is 16.0. The fourth-order valence-electron chi connectivity index (χ4n) is 3.72. The number of nitrogens with zero attached hydrogens (tertiary/aromatic N) is 4. The van der Waals surface area contributed by atoms with Crippen LogP contribution in [-0.2, 0) is 4.79 Å². The van der Waals surface area contributed by atoms with Gasteiger partial charge in [-0.1, -0.05) is 60.1 Å². The lowest BCUT2D eigenvalue weighted by Gasteiger charge is -2.36. The van der Waals surface area contributed by atoms with Gasteiger partial charge in [0.2, 0.25) is 5.91 Å². The topological polar surface area (TPSA) is 86.2 Å². The number of carbonyl (C=O) groups excluding carboxylic acids is 1. The molecule has 0 aliphatic carbocycles. The Morgan fingerprint density at radius 2 is 1.58 bits per heavy atom. The summed E-state index contributed by atoms with van der Waals surface area (Å²) in [6, 6.07) is 23.4. The van der Waals surface area contributed by atoms with Crippen LogP contribution in [0.4, 0.5) is 0 Å². The van der Waals surface area contributed by atoms with Crippen molar-refractivity contribution in [2.24, 2.45) is 5.73 Å². The minimum absolute atomic E-state index is 0.0801. The van der Waals surface area contributed by atoms with Gasteiger partial charge in [0.25, 0.3) is 0 Å². The summed E-state index contributed by atoms with van der Waals surface area (Å²) < 4.78 is 0. The van der Waals surface area contributed by atoms with Crippen molar-refractivity contribution < 1.29 is 4.79 Å². The lowest BCUT2D eigenvalue weighted by molar-refractivity contribution is -0.130. The number of nitrogens with two attached hydrogens (primary N) is 1. The number of hydrogen-bond donors (Lipinski definition) is 1. The Bertz CT molecular complexity index is 1050. The lowest BCUT2D eigenvalue weighted by Crippen LogP contribution is -2.48. The Hall–Kier alpha value is -3.24. The van der Waals surface area contributed by atoms with E-state index < -0.39 is 0 Å². The standard InChI is InChI=1S/C13H12ClN.C13H16N4O/c14-12-8-6-11(7-9-12)13(15)10-4-2-1-3-5-10;1-11(18)16-5-7-17(8-6-16)13(9-14)12-3-2-4-15-10-12/h1-9,13H,15H2;2-4,10,13H,5-8H2,1H3. The number of piperazine rings is 1. The number of benzene rings is 2. The van der Waals surface area contributed by atoms with Gasteiger partial charge in [-0.25, -0.2) is 0 Å². The van der Waals surface area contributed by atoms with Crippen LogP contribution in [-0.4, -0.2) is 46.9 Å². The molecule has 1 saturated heterocycles. The fraction of sp³-hybridized carbons (Fsp3) is 0.269. The third-order valence-corrected chi connectivity index (χ3v) is 5.89. The quantitative estimate of drug-likeness (QED) is 0.629. The van der Waals surface area contributed by atoms with E-state index in [1.54, 1.807) is 19.3 Å². The zero-order valence-corrected chi connectivity index (χ0v) is 19.4. The van der Waals surface area contributed by atoms with Gasteiger partial charge in [-0.3, -0.25) is 14.7 Å². The van der Waals surface area contributed by atoms with E-state index in [9.17, 15) is 10.1 Å². The third kappa shape index (κ3) is 6.87. The Morgan fingerprint density at radius 1 is 0.970 bits per heavy atom. The van der Waals surface area contributed by atoms with Crippen molar-refractivity contribution in [1.29, 1.82) is 5.26 Å². The van der Waals surface area contributed by atoms with Crippen LogP contribution in [0.15, 0.2) is 79.1 Å². The van der Waals surface area contributed by atoms with Gasteiger partial charge in [0.15, 0.2) is 0 Å². The van der Waals surface area contributed by atoms with Crippen LogP contribution in [0, 0.1) is 11.3 Å². The van der Waals surface area contributed by atoms with E-state index in [0.717, 1.165) is 34.8 Å². The molecule has 4 rings (SSSR count). The molecule has 0 bridgehead atoms. The summed E-state index contributed by atoms with van der Waals surface area (Å²) in [5.74, 6) is 0.101. The van der Waals surface area contributed by atoms with Gasteiger partial charge >= 0.3 is 0 Å². The SMILES string of the molecule is CC(=O)N1CCN(C(C#N)c2cccnc2)CC1.NC(c1ccccc1)c1ccc(Cl)cc1. The second-order valence-corrected chi connectivity index (χ2v) is 8.24. The molecule has 0 radical (unpaired) electrons. The van der Waals surface area contributed by atoms with Crippen LogP contribution in [0.1, 0.15) is 35.7 Å². The molecule has 33 heavy (non-hydrogen) atoms. The highest BCUT2D eigenvalue weighted by Crippen LogP contribution is 2.21. The normalized spacial score (nSPS) is 15.5. The van der Waals surface area contributed by atoms with E-state index in [2.05, 4.69) is 16.0 Å². The Morgan fingerprint density at radius 3 is 2.12 bits per heavy atom. The molecule has 2 unspecified atom stereocenters. The van der Waals surface area contributed by atoms with Crippen LogP contribution in [0.3, 0.4) is 0 Å². The summed E-state index contributed by atoms with van der Waals surface area (Å²) in [6.07, 6.45) is 3.43. The second kappa shape index (κ2) is 12.1. The van der Waals surface area contributed by atoms with Crippen molar-refractivity contribution in [3.8, 4) is 6.07 Å². The summed E-state index contributed by atoms with van der Waals surface area (Å²) in [5, 5.41) is 10.0. The maximum atomic E-state index is 11.2. The fourth-order valence-corrected chi connectivity index (χ4v) is 3.85. The van der Waals surface area contributed by atoms with Crippen molar-refractivity contribution in [2.75, 3.05) is 26.2 Å². The first-order valence-corrected chi connectivity index (χ1v) is 11.2. The number of amides is 1. The number of pyridine rings is 1. The van der Waals surface area contributed by atoms with E-state index >= 15 is 0 Å². The Labute approximate surface area is 200 Å². The van der Waals surface area contributed by atoms with Gasteiger partial charge in [0.1, 0.15) is 6.04 Å². The van der Waals surface area contributed by atoms with Crippen LogP contribution < -0.4 is 5.73 Å². The average Bonchev–Trinajstić information content (AvgIpc) is 2.86. The van der Waals surface area contributed by atoms with E-state index in [1.807, 2.05) is 71.6 Å². The van der Waals surface area contributed by atoms with E-state index in [0.29, 0.717) is 13.1 Å². The Balaban J connectivity index is 0.000000189. The van der Waals surface area contributed by atoms with Gasteiger partial charge in [-0.05, 0) is 29.3 Å². The average molecular weight is 462 g/mol. The molecule has 2 heterocycles. The van der Waals surface area contributed by atoms with E-state index in [-0.39, 0.29) is 18.0 Å². The molecule has 1 fully saturated rings. The molecular formula is C26H28ClN5O. The van der Waals surface area contributed by atoms with E-state index in [1.165, 1.54) is 0 Å². The molecule has 1 amide bonds. The number of rotatable bonds is 4. The maximum Gasteiger partial charge on any atom is 0.219 e. The van der Waals surface area contributed by atoms with Crippen LogP contribution >= 0.6 is 11.6 Å².